The fourth-order valence-corrected chi connectivity index (χ4v) is 5.67. The highest BCUT2D eigenvalue weighted by Gasteiger charge is 2.37. The molecule has 0 radical (unpaired) electrons. The van der Waals surface area contributed by atoms with Crippen molar-refractivity contribution in [1.29, 1.82) is 0 Å². The molecule has 0 saturated carbocycles. The summed E-state index contributed by atoms with van der Waals surface area (Å²) in [5.74, 6) is -2.60. The van der Waals surface area contributed by atoms with Crippen molar-refractivity contribution < 1.29 is 29.1 Å². The number of amides is 5. The monoisotopic (exact) mass is 641 g/mol. The summed E-state index contributed by atoms with van der Waals surface area (Å²) in [7, 11) is 3.02. The number of carbonyl (C=O) groups excluding carboxylic acids is 5. The molecule has 4 rings (SSSR count). The van der Waals surface area contributed by atoms with Gasteiger partial charge >= 0.3 is 0 Å². The second kappa shape index (κ2) is 15.4. The number of nitrogens with one attached hydrogen (secondary N) is 3. The molecule has 4 N–H and O–H groups in total. The van der Waals surface area contributed by atoms with E-state index in [1.54, 1.807) is 30.3 Å². The van der Waals surface area contributed by atoms with Crippen molar-refractivity contribution in [1.82, 2.24) is 20.4 Å². The molecule has 0 saturated heterocycles. The molecule has 0 fully saturated rings. The van der Waals surface area contributed by atoms with Crippen molar-refractivity contribution in [3.8, 4) is 5.75 Å². The summed E-state index contributed by atoms with van der Waals surface area (Å²) in [5, 5.41) is 18.2. The molecule has 47 heavy (non-hydrogen) atoms. The van der Waals surface area contributed by atoms with Gasteiger partial charge in [-0.2, -0.15) is 0 Å². The average Bonchev–Trinajstić information content (AvgIpc) is 3.05. The summed E-state index contributed by atoms with van der Waals surface area (Å²) < 4.78 is 0. The van der Waals surface area contributed by atoms with E-state index in [1.165, 1.54) is 49.0 Å². The van der Waals surface area contributed by atoms with Crippen molar-refractivity contribution in [2.75, 3.05) is 19.4 Å². The van der Waals surface area contributed by atoms with Crippen LogP contribution in [0.5, 0.6) is 5.75 Å². The van der Waals surface area contributed by atoms with Gasteiger partial charge in [0.05, 0.1) is 11.3 Å². The highest BCUT2D eigenvalue weighted by Crippen LogP contribution is 2.21. The van der Waals surface area contributed by atoms with E-state index in [-0.39, 0.29) is 42.2 Å². The zero-order valence-corrected chi connectivity index (χ0v) is 27.4. The van der Waals surface area contributed by atoms with E-state index < -0.39 is 53.7 Å². The number of phenolic OH excluding ortho intramolecular Hbond substituents is 1. The molecule has 1 heterocycles. The molecule has 11 heteroatoms. The Kier molecular flexibility index (Phi) is 11.4. The predicted octanol–water partition coefficient (Wildman–Crippen LogP) is 3.13. The first kappa shape index (κ1) is 34.7. The summed E-state index contributed by atoms with van der Waals surface area (Å²) in [5.41, 5.74) is 1.83. The Labute approximate surface area is 275 Å². The van der Waals surface area contributed by atoms with Gasteiger partial charge in [-0.1, -0.05) is 68.4 Å². The highest BCUT2D eigenvalue weighted by molar-refractivity contribution is 6.07. The molecule has 0 aromatic heterocycles. The van der Waals surface area contributed by atoms with Gasteiger partial charge in [0.25, 0.3) is 5.91 Å². The van der Waals surface area contributed by atoms with Crippen LogP contribution in [0.1, 0.15) is 48.7 Å². The molecule has 4 atom stereocenters. The normalized spacial score (nSPS) is 21.6. The Morgan fingerprint density at radius 1 is 0.702 bits per heavy atom. The molecule has 1 aliphatic heterocycles. The van der Waals surface area contributed by atoms with Crippen LogP contribution in [0, 0.1) is 5.92 Å². The lowest BCUT2D eigenvalue weighted by Crippen LogP contribution is -2.59. The highest BCUT2D eigenvalue weighted by atomic mass is 16.3. The van der Waals surface area contributed by atoms with E-state index >= 15 is 0 Å². The number of fused-ring (bicyclic) bond motifs is 1. The fraction of sp³-hybridized carbons (Fsp3) is 0.361. The van der Waals surface area contributed by atoms with Crippen LogP contribution < -0.4 is 16.0 Å². The SMILES string of the molecule is CC(C)C[C@@H]1NC(=O)[C@@H](Cc2ccccc2)N(C)C(=O)[C@@H](C)NC(=O)c2ccccc2NC(=O)[C@@H](Cc2ccc(O)cc2)N(C)C1=O. The summed E-state index contributed by atoms with van der Waals surface area (Å²) in [4.78, 5) is 72.0. The molecule has 11 nitrogen and oxygen atoms in total. The number of likely N-dealkylation sites (N-methyl/N-ethyl adjacent to an activating group) is 2. The topological polar surface area (TPSA) is 148 Å². The predicted molar refractivity (Wildman–Crippen MR) is 178 cm³/mol. The van der Waals surface area contributed by atoms with Crippen molar-refractivity contribution in [2.45, 2.75) is 64.2 Å². The number of aromatic hydroxyl groups is 1. The van der Waals surface area contributed by atoms with Crippen LogP contribution in [0.3, 0.4) is 0 Å². The Bertz CT molecular complexity index is 1590. The second-order valence-corrected chi connectivity index (χ2v) is 12.4. The number of rotatable bonds is 6. The minimum atomic E-state index is -1.05. The Morgan fingerprint density at radius 3 is 1.89 bits per heavy atom. The molecule has 248 valence electrons. The summed E-state index contributed by atoms with van der Waals surface area (Å²) >= 11 is 0. The number of hydrogen-bond donors (Lipinski definition) is 4. The van der Waals surface area contributed by atoms with Crippen LogP contribution in [0.25, 0.3) is 0 Å². The lowest BCUT2D eigenvalue weighted by atomic mass is 9.98. The van der Waals surface area contributed by atoms with E-state index in [4.69, 9.17) is 0 Å². The number of benzene rings is 3. The lowest BCUT2D eigenvalue weighted by Gasteiger charge is -2.34. The summed E-state index contributed by atoms with van der Waals surface area (Å²) in [6, 6.07) is 17.9. The Morgan fingerprint density at radius 2 is 1.26 bits per heavy atom. The van der Waals surface area contributed by atoms with Gasteiger partial charge in [0.1, 0.15) is 29.9 Å². The molecule has 3 aromatic rings. The smallest absolute Gasteiger partial charge is 0.254 e. The quantitative estimate of drug-likeness (QED) is 0.325. The van der Waals surface area contributed by atoms with Crippen LogP contribution in [0.2, 0.25) is 0 Å². The van der Waals surface area contributed by atoms with Gasteiger partial charge in [-0.05, 0) is 54.7 Å². The molecule has 1 aliphatic rings. The van der Waals surface area contributed by atoms with Crippen molar-refractivity contribution in [3.63, 3.8) is 0 Å². The van der Waals surface area contributed by atoms with E-state index in [1.807, 2.05) is 44.2 Å². The van der Waals surface area contributed by atoms with Gasteiger partial charge in [0, 0.05) is 26.9 Å². The number of anilines is 1. The van der Waals surface area contributed by atoms with Gasteiger partial charge < -0.3 is 30.9 Å². The number of nitrogens with zero attached hydrogens (tertiary/aromatic N) is 2. The van der Waals surface area contributed by atoms with E-state index in [0.717, 1.165) is 5.56 Å². The number of carbonyl (C=O) groups is 5. The Hall–Kier alpha value is -5.19. The first-order chi connectivity index (χ1) is 22.3. The van der Waals surface area contributed by atoms with Gasteiger partial charge in [-0.25, -0.2) is 0 Å². The van der Waals surface area contributed by atoms with Crippen LogP contribution in [-0.4, -0.2) is 82.7 Å². The molecule has 3 aromatic carbocycles. The fourth-order valence-electron chi connectivity index (χ4n) is 5.67. The van der Waals surface area contributed by atoms with Gasteiger partial charge in [0.2, 0.25) is 23.6 Å². The minimum Gasteiger partial charge on any atom is -0.508 e. The molecule has 0 spiro atoms. The van der Waals surface area contributed by atoms with Crippen LogP contribution in [0.4, 0.5) is 5.69 Å². The first-order valence-corrected chi connectivity index (χ1v) is 15.7. The van der Waals surface area contributed by atoms with Crippen LogP contribution in [0.15, 0.2) is 78.9 Å². The zero-order valence-electron chi connectivity index (χ0n) is 27.4. The molecular formula is C36H43N5O6. The largest absolute Gasteiger partial charge is 0.508 e. The van der Waals surface area contributed by atoms with Gasteiger partial charge in [0.15, 0.2) is 0 Å². The van der Waals surface area contributed by atoms with E-state index in [0.29, 0.717) is 5.56 Å². The van der Waals surface area contributed by atoms with E-state index in [9.17, 15) is 29.1 Å². The standard InChI is InChI=1S/C36H43N5O6/c1-22(2)19-29-36(47)41(5)31(21-25-15-17-26(42)18-16-25)33(44)38-28-14-10-9-13-27(28)32(43)37-23(3)35(46)40(4)30(34(45)39-29)20-24-11-7-6-8-12-24/h6-18,22-23,29-31,42H,19-21H2,1-5H3,(H,37,43)(H,38,44)(H,39,45)/t23-,29+,30-,31-/m1/s1. The van der Waals surface area contributed by atoms with Gasteiger partial charge in [-0.3, -0.25) is 24.0 Å². The molecule has 0 bridgehead atoms. The third-order valence-corrected chi connectivity index (χ3v) is 8.34. The number of hydrogen-bond acceptors (Lipinski definition) is 6. The van der Waals surface area contributed by atoms with Crippen LogP contribution >= 0.6 is 0 Å². The number of para-hydroxylation sites is 1. The molecule has 0 aliphatic carbocycles. The third-order valence-electron chi connectivity index (χ3n) is 8.34. The maximum Gasteiger partial charge on any atom is 0.254 e. The second-order valence-electron chi connectivity index (χ2n) is 12.4. The van der Waals surface area contributed by atoms with Crippen molar-refractivity contribution in [2.24, 2.45) is 5.92 Å². The average molecular weight is 642 g/mol. The Balaban J connectivity index is 1.81. The van der Waals surface area contributed by atoms with Crippen LogP contribution in [-0.2, 0) is 32.0 Å². The first-order valence-electron chi connectivity index (χ1n) is 15.7. The maximum atomic E-state index is 14.2. The number of phenols is 1. The third kappa shape index (κ3) is 8.75. The molecule has 0 unspecified atom stereocenters. The molecule has 5 amide bonds. The summed E-state index contributed by atoms with van der Waals surface area (Å²) in [6.45, 7) is 5.39. The van der Waals surface area contributed by atoms with E-state index in [2.05, 4.69) is 16.0 Å². The molecular weight excluding hydrogens is 598 g/mol. The minimum absolute atomic E-state index is 0.00154. The van der Waals surface area contributed by atoms with Gasteiger partial charge in [-0.15, -0.1) is 0 Å². The van der Waals surface area contributed by atoms with Crippen molar-refractivity contribution in [3.05, 3.63) is 95.6 Å². The lowest BCUT2D eigenvalue weighted by molar-refractivity contribution is -0.143. The zero-order chi connectivity index (χ0) is 34.2. The maximum absolute atomic E-state index is 14.2. The van der Waals surface area contributed by atoms with Crippen molar-refractivity contribution >= 4 is 35.2 Å². The summed E-state index contributed by atoms with van der Waals surface area (Å²) in [6.07, 6.45) is 0.548.